The maximum Gasteiger partial charge on any atom is 0.272 e. The Morgan fingerprint density at radius 3 is 2.24 bits per heavy atom. The second-order valence-corrected chi connectivity index (χ2v) is 18.0. The Hall–Kier alpha value is -5.30. The molecule has 4 fully saturated rings. The lowest BCUT2D eigenvalue weighted by molar-refractivity contribution is -0.164. The van der Waals surface area contributed by atoms with Gasteiger partial charge in [-0.15, -0.1) is 0 Å². The number of piperidine rings is 2. The van der Waals surface area contributed by atoms with Crippen LogP contribution in [-0.4, -0.2) is 125 Å². The van der Waals surface area contributed by atoms with E-state index in [1.807, 2.05) is 16.9 Å². The number of benzene rings is 2. The van der Waals surface area contributed by atoms with Crippen LogP contribution in [0.5, 0.6) is 5.75 Å². The monoisotopic (exact) mass is 823 g/mol. The van der Waals surface area contributed by atoms with Crippen molar-refractivity contribution in [3.63, 3.8) is 0 Å². The molecule has 0 spiro atoms. The number of aromatic nitrogens is 2. The molecular weight excluding hydrogens is 774 g/mol. The summed E-state index contributed by atoms with van der Waals surface area (Å²) in [5.41, 5.74) is 1.50. The molecule has 16 heteroatoms. The van der Waals surface area contributed by atoms with E-state index in [0.717, 1.165) is 75.8 Å². The first kappa shape index (κ1) is 40.5. The fourth-order valence-electron chi connectivity index (χ4n) is 10.0. The van der Waals surface area contributed by atoms with Crippen LogP contribution in [0.4, 0.5) is 5.69 Å². The predicted octanol–water partition coefficient (Wildman–Crippen LogP) is 3.88. The number of anilines is 1. The zero-order valence-corrected chi connectivity index (χ0v) is 34.6. The van der Waals surface area contributed by atoms with Crippen molar-refractivity contribution in [2.75, 3.05) is 57.3 Å². The number of hydrogen-bond donors (Lipinski definition) is 2. The molecule has 0 radical (unpaired) electrons. The van der Waals surface area contributed by atoms with Crippen molar-refractivity contribution in [2.45, 2.75) is 77.6 Å². The third-order valence-electron chi connectivity index (χ3n) is 13.1. The number of piperazine rings is 1. The molecule has 5 aliphatic rings. The van der Waals surface area contributed by atoms with Crippen molar-refractivity contribution >= 4 is 46.8 Å². The number of carbonyl (C=O) groups is 5. The molecule has 1 aliphatic carbocycles. The maximum atomic E-state index is 13.5. The smallest absolute Gasteiger partial charge is 0.272 e. The molecule has 8 rings (SSSR count). The molecule has 2 N–H and O–H groups in total. The zero-order valence-electron chi connectivity index (χ0n) is 33.9. The van der Waals surface area contributed by atoms with Gasteiger partial charge in [0.05, 0.1) is 27.8 Å². The van der Waals surface area contributed by atoms with Crippen molar-refractivity contribution in [3.05, 3.63) is 76.1 Å². The van der Waals surface area contributed by atoms with Gasteiger partial charge in [-0.05, 0) is 55.7 Å². The summed E-state index contributed by atoms with van der Waals surface area (Å²) in [5, 5.41) is 19.8. The molecule has 310 valence electrons. The van der Waals surface area contributed by atoms with Gasteiger partial charge in [-0.3, -0.25) is 43.8 Å². The van der Waals surface area contributed by atoms with Gasteiger partial charge in [0, 0.05) is 93.6 Å². The van der Waals surface area contributed by atoms with Crippen molar-refractivity contribution in [1.82, 2.24) is 35.1 Å². The first-order valence-electron chi connectivity index (χ1n) is 20.4. The minimum atomic E-state index is -0.978. The first-order chi connectivity index (χ1) is 28.1. The van der Waals surface area contributed by atoms with Crippen LogP contribution in [0, 0.1) is 22.2 Å². The molecule has 1 saturated carbocycles. The number of nitriles is 1. The molecule has 3 aromatic rings. The topological polar surface area (TPSA) is 173 Å². The zero-order chi connectivity index (χ0) is 41.8. The van der Waals surface area contributed by atoms with Gasteiger partial charge in [-0.2, -0.15) is 10.4 Å². The van der Waals surface area contributed by atoms with Crippen LogP contribution in [0.3, 0.4) is 0 Å². The number of carbonyl (C=O) groups excluding carboxylic acids is 5. The molecule has 1 aromatic heterocycles. The normalized spacial score (nSPS) is 24.6. The summed E-state index contributed by atoms with van der Waals surface area (Å²) in [4.78, 5) is 72.2. The van der Waals surface area contributed by atoms with Gasteiger partial charge in [-0.25, -0.2) is 0 Å². The average molecular weight is 824 g/mol. The summed E-state index contributed by atoms with van der Waals surface area (Å²) in [6.07, 6.45) is 3.82. The molecule has 59 heavy (non-hydrogen) atoms. The standard InChI is InChI=1S/C43H50ClN9O6/c1-42(2)40(43(3,4)41(42)59-29-7-5-26(25-45)32(44)24-29)47-36(55)33-13-16-52(48-33)27-11-14-49(15-12-27)17-18-50-19-21-51(22-20-50)28-6-8-30-31(23-28)39(58)53(38(30)57)34-9-10-35(54)46-37(34)56/h5-8,13,16,23-24,27,34,40-41H,9-12,14-15,17-22H2,1-4H3,(H,47,55)(H,46,54,56). The second kappa shape index (κ2) is 15.7. The van der Waals surface area contributed by atoms with Crippen LogP contribution < -0.4 is 20.3 Å². The average Bonchev–Trinajstić information content (AvgIpc) is 3.81. The van der Waals surface area contributed by atoms with Crippen molar-refractivity contribution in [1.29, 1.82) is 5.26 Å². The number of rotatable bonds is 10. The molecule has 0 bridgehead atoms. The highest BCUT2D eigenvalue weighted by Gasteiger charge is 2.64. The summed E-state index contributed by atoms with van der Waals surface area (Å²) >= 11 is 6.25. The van der Waals surface area contributed by atoms with Gasteiger partial charge in [0.2, 0.25) is 11.8 Å². The molecule has 5 heterocycles. The van der Waals surface area contributed by atoms with Crippen LogP contribution >= 0.6 is 11.6 Å². The number of hydrogen-bond acceptors (Lipinski definition) is 11. The van der Waals surface area contributed by atoms with E-state index in [-0.39, 0.29) is 53.3 Å². The molecule has 2 aromatic carbocycles. The third-order valence-corrected chi connectivity index (χ3v) is 13.4. The lowest BCUT2D eigenvalue weighted by Gasteiger charge is -2.63. The number of nitrogens with one attached hydrogen (secondary N) is 2. The first-order valence-corrected chi connectivity index (χ1v) is 20.8. The highest BCUT2D eigenvalue weighted by Crippen LogP contribution is 2.55. The summed E-state index contributed by atoms with van der Waals surface area (Å²) in [5.74, 6) is -1.61. The van der Waals surface area contributed by atoms with E-state index < -0.39 is 29.7 Å². The highest BCUT2D eigenvalue weighted by molar-refractivity contribution is 6.31. The van der Waals surface area contributed by atoms with Crippen LogP contribution in [-0.2, 0) is 9.59 Å². The summed E-state index contributed by atoms with van der Waals surface area (Å²) < 4.78 is 8.32. The Balaban J connectivity index is 0.775. The van der Waals surface area contributed by atoms with Gasteiger partial charge in [-0.1, -0.05) is 39.3 Å². The van der Waals surface area contributed by atoms with Crippen LogP contribution in [0.25, 0.3) is 0 Å². The Kier molecular flexibility index (Phi) is 10.8. The number of fused-ring (bicyclic) bond motifs is 1. The van der Waals surface area contributed by atoms with E-state index in [4.69, 9.17) is 21.4 Å². The molecule has 5 amide bonds. The number of amides is 5. The van der Waals surface area contributed by atoms with Crippen LogP contribution in [0.2, 0.25) is 5.02 Å². The molecular formula is C43H50ClN9O6. The molecule has 1 atom stereocenters. The summed E-state index contributed by atoms with van der Waals surface area (Å²) in [6, 6.07) is 13.3. The van der Waals surface area contributed by atoms with E-state index in [0.29, 0.717) is 27.6 Å². The van der Waals surface area contributed by atoms with Gasteiger partial charge in [0.15, 0.2) is 0 Å². The predicted molar refractivity (Wildman–Crippen MR) is 218 cm³/mol. The Bertz CT molecular complexity index is 2220. The minimum Gasteiger partial charge on any atom is -0.489 e. The quantitative estimate of drug-likeness (QED) is 0.284. The number of halogens is 1. The number of likely N-dealkylation sites (tertiary alicyclic amines) is 1. The van der Waals surface area contributed by atoms with E-state index in [1.54, 1.807) is 36.4 Å². The number of imide groups is 2. The van der Waals surface area contributed by atoms with Crippen LogP contribution in [0.1, 0.15) is 96.2 Å². The number of ether oxygens (including phenoxy) is 1. The Morgan fingerprint density at radius 2 is 1.58 bits per heavy atom. The minimum absolute atomic E-state index is 0.0876. The lowest BCUT2D eigenvalue weighted by atomic mass is 9.49. The SMILES string of the molecule is CC1(C)C(NC(=O)c2ccn(C3CCN(CCN4CCN(c5ccc6c(c5)C(=O)N(C5CCC(=O)NC5=O)C6=O)CC4)CC3)n2)C(C)(C)C1Oc1ccc(C#N)c(Cl)c1. The fourth-order valence-corrected chi connectivity index (χ4v) is 10.3. The summed E-state index contributed by atoms with van der Waals surface area (Å²) in [6.45, 7) is 15.4. The van der Waals surface area contributed by atoms with Gasteiger partial charge >= 0.3 is 0 Å². The van der Waals surface area contributed by atoms with Crippen molar-refractivity contribution < 1.29 is 28.7 Å². The third kappa shape index (κ3) is 7.58. The lowest BCUT2D eigenvalue weighted by Crippen LogP contribution is -2.74. The van der Waals surface area contributed by atoms with Gasteiger partial charge < -0.3 is 19.9 Å². The second-order valence-electron chi connectivity index (χ2n) is 17.6. The van der Waals surface area contributed by atoms with Gasteiger partial charge in [0.25, 0.3) is 17.7 Å². The van der Waals surface area contributed by atoms with E-state index in [2.05, 4.69) is 59.1 Å². The van der Waals surface area contributed by atoms with E-state index in [1.165, 1.54) is 0 Å². The van der Waals surface area contributed by atoms with Crippen molar-refractivity contribution in [3.8, 4) is 11.8 Å². The highest BCUT2D eigenvalue weighted by atomic mass is 35.5. The Labute approximate surface area is 348 Å². The molecule has 15 nitrogen and oxygen atoms in total. The summed E-state index contributed by atoms with van der Waals surface area (Å²) in [7, 11) is 0. The van der Waals surface area contributed by atoms with Crippen molar-refractivity contribution in [2.24, 2.45) is 10.8 Å². The fraction of sp³-hybridized carbons (Fsp3) is 0.512. The van der Waals surface area contributed by atoms with Gasteiger partial charge in [0.1, 0.15) is 29.7 Å². The Morgan fingerprint density at radius 1 is 0.898 bits per heavy atom. The maximum absolute atomic E-state index is 13.5. The molecule has 3 saturated heterocycles. The molecule has 1 unspecified atom stereocenters. The van der Waals surface area contributed by atoms with E-state index >= 15 is 0 Å². The molecule has 4 aliphatic heterocycles. The number of nitrogens with zero attached hydrogens (tertiary/aromatic N) is 7. The largest absolute Gasteiger partial charge is 0.489 e. The van der Waals surface area contributed by atoms with E-state index in [9.17, 15) is 29.2 Å². The van der Waals surface area contributed by atoms with Crippen LogP contribution in [0.15, 0.2) is 48.7 Å².